The lowest BCUT2D eigenvalue weighted by Gasteiger charge is -2.11. The minimum Gasteiger partial charge on any atom is -0.465 e. The van der Waals surface area contributed by atoms with E-state index in [9.17, 15) is 9.59 Å². The standard InChI is InChI=1S/C26H25N3O3/c1-16-5-9-20(10-6-16)24-25(21-11-7-17(2)8-12-21)28-26-23(27-24)15-22(29(26)18(3)30)13-14-32-19(4)31/h5-12,15H,13-14H2,1-4H3. The van der Waals surface area contributed by atoms with E-state index in [4.69, 9.17) is 14.7 Å². The Bertz CT molecular complexity index is 1300. The third kappa shape index (κ3) is 4.30. The number of ether oxygens (including phenoxy) is 1. The maximum absolute atomic E-state index is 12.5. The molecule has 0 saturated carbocycles. The number of nitrogens with zero attached hydrogens (tertiary/aromatic N) is 3. The summed E-state index contributed by atoms with van der Waals surface area (Å²) in [5.74, 6) is -0.514. The van der Waals surface area contributed by atoms with E-state index in [1.165, 1.54) is 13.8 Å². The summed E-state index contributed by atoms with van der Waals surface area (Å²) in [7, 11) is 0. The molecule has 0 fully saturated rings. The zero-order valence-electron chi connectivity index (χ0n) is 18.7. The summed E-state index contributed by atoms with van der Waals surface area (Å²) >= 11 is 0. The van der Waals surface area contributed by atoms with E-state index in [0.717, 1.165) is 27.9 Å². The molecular weight excluding hydrogens is 402 g/mol. The first-order valence-electron chi connectivity index (χ1n) is 10.5. The van der Waals surface area contributed by atoms with Gasteiger partial charge >= 0.3 is 5.97 Å². The SMILES string of the molecule is CC(=O)OCCc1cc2nc(-c3ccc(C)cc3)c(-c3ccc(C)cc3)nc2n1C(C)=O. The molecule has 6 nitrogen and oxygen atoms in total. The van der Waals surface area contributed by atoms with Crippen LogP contribution in [0.4, 0.5) is 0 Å². The van der Waals surface area contributed by atoms with Crippen LogP contribution in [-0.2, 0) is 16.0 Å². The molecule has 0 N–H and O–H groups in total. The largest absolute Gasteiger partial charge is 0.465 e. The van der Waals surface area contributed by atoms with Crippen molar-refractivity contribution in [3.63, 3.8) is 0 Å². The van der Waals surface area contributed by atoms with Crippen molar-refractivity contribution < 1.29 is 14.3 Å². The Morgan fingerprint density at radius 2 is 1.38 bits per heavy atom. The summed E-state index contributed by atoms with van der Waals surface area (Å²) in [6.07, 6.45) is 0.400. The van der Waals surface area contributed by atoms with Crippen molar-refractivity contribution >= 4 is 23.0 Å². The van der Waals surface area contributed by atoms with E-state index in [0.29, 0.717) is 29.0 Å². The molecule has 0 aliphatic heterocycles. The molecule has 0 saturated heterocycles. The number of hydrogen-bond donors (Lipinski definition) is 0. The van der Waals surface area contributed by atoms with E-state index in [1.807, 2.05) is 68.4 Å². The van der Waals surface area contributed by atoms with Crippen LogP contribution < -0.4 is 0 Å². The highest BCUT2D eigenvalue weighted by atomic mass is 16.5. The molecule has 162 valence electrons. The van der Waals surface area contributed by atoms with Crippen LogP contribution in [0, 0.1) is 13.8 Å². The first-order chi connectivity index (χ1) is 15.3. The number of carbonyl (C=O) groups excluding carboxylic acids is 2. The van der Waals surface area contributed by atoms with Crippen LogP contribution in [0.1, 0.15) is 35.5 Å². The van der Waals surface area contributed by atoms with Crippen molar-refractivity contribution in [2.75, 3.05) is 6.61 Å². The Morgan fingerprint density at radius 1 is 0.844 bits per heavy atom. The van der Waals surface area contributed by atoms with Crippen molar-refractivity contribution in [1.29, 1.82) is 0 Å². The average Bonchev–Trinajstić information content (AvgIpc) is 3.11. The molecule has 0 unspecified atom stereocenters. The third-order valence-electron chi connectivity index (χ3n) is 5.33. The number of aryl methyl sites for hydroxylation is 2. The highest BCUT2D eigenvalue weighted by Gasteiger charge is 2.20. The second-order valence-corrected chi connectivity index (χ2v) is 7.94. The molecule has 4 aromatic rings. The zero-order valence-corrected chi connectivity index (χ0v) is 18.7. The number of hydrogen-bond acceptors (Lipinski definition) is 5. The van der Waals surface area contributed by atoms with Gasteiger partial charge in [0.2, 0.25) is 5.91 Å². The van der Waals surface area contributed by atoms with Crippen LogP contribution in [0.15, 0.2) is 54.6 Å². The highest BCUT2D eigenvalue weighted by molar-refractivity contribution is 5.92. The quantitative estimate of drug-likeness (QED) is 0.412. The van der Waals surface area contributed by atoms with Gasteiger partial charge in [0.05, 0.1) is 18.0 Å². The Balaban J connectivity index is 1.93. The summed E-state index contributed by atoms with van der Waals surface area (Å²) in [6, 6.07) is 18.1. The van der Waals surface area contributed by atoms with Crippen molar-refractivity contribution in [2.45, 2.75) is 34.1 Å². The number of benzene rings is 2. The molecule has 32 heavy (non-hydrogen) atoms. The van der Waals surface area contributed by atoms with Gasteiger partial charge in [0.25, 0.3) is 0 Å². The minimum atomic E-state index is -0.352. The van der Waals surface area contributed by atoms with E-state index in [2.05, 4.69) is 0 Å². The fourth-order valence-electron chi connectivity index (χ4n) is 3.72. The van der Waals surface area contributed by atoms with Gasteiger partial charge < -0.3 is 4.74 Å². The van der Waals surface area contributed by atoms with Gasteiger partial charge in [-0.05, 0) is 19.9 Å². The molecule has 6 heteroatoms. The summed E-state index contributed by atoms with van der Waals surface area (Å²) in [5, 5.41) is 0. The van der Waals surface area contributed by atoms with Gasteiger partial charge in [-0.15, -0.1) is 0 Å². The van der Waals surface area contributed by atoms with Gasteiger partial charge in [-0.2, -0.15) is 0 Å². The number of rotatable bonds is 5. The van der Waals surface area contributed by atoms with E-state index < -0.39 is 0 Å². The molecule has 2 aromatic carbocycles. The zero-order chi connectivity index (χ0) is 22.8. The normalized spacial score (nSPS) is 11.0. The maximum Gasteiger partial charge on any atom is 0.302 e. The van der Waals surface area contributed by atoms with Crippen LogP contribution in [-0.4, -0.2) is 33.0 Å². The fraction of sp³-hybridized carbons (Fsp3) is 0.231. The van der Waals surface area contributed by atoms with Crippen molar-refractivity contribution in [3.05, 3.63) is 71.4 Å². The summed E-state index contributed by atoms with van der Waals surface area (Å²) in [6.45, 7) is 7.13. The lowest BCUT2D eigenvalue weighted by Crippen LogP contribution is -2.13. The first kappa shape index (κ1) is 21.4. The monoisotopic (exact) mass is 427 g/mol. The van der Waals surface area contributed by atoms with Crippen molar-refractivity contribution in [2.24, 2.45) is 0 Å². The Morgan fingerprint density at radius 3 is 1.88 bits per heavy atom. The van der Waals surface area contributed by atoms with Gasteiger partial charge in [-0.25, -0.2) is 9.97 Å². The lowest BCUT2D eigenvalue weighted by atomic mass is 10.0. The van der Waals surface area contributed by atoms with Crippen LogP contribution in [0.5, 0.6) is 0 Å². The predicted molar refractivity (Wildman–Crippen MR) is 125 cm³/mol. The predicted octanol–water partition coefficient (Wildman–Crippen LogP) is 5.15. The highest BCUT2D eigenvalue weighted by Crippen LogP contribution is 2.32. The molecular formula is C26H25N3O3. The van der Waals surface area contributed by atoms with Crippen molar-refractivity contribution in [3.8, 4) is 22.5 Å². The smallest absolute Gasteiger partial charge is 0.302 e. The minimum absolute atomic E-state index is 0.162. The molecule has 0 atom stereocenters. The van der Waals surface area contributed by atoms with Crippen LogP contribution in [0.25, 0.3) is 33.7 Å². The number of aromatic nitrogens is 3. The molecule has 4 rings (SSSR count). The lowest BCUT2D eigenvalue weighted by molar-refractivity contribution is -0.140. The number of fused-ring (bicyclic) bond motifs is 1. The van der Waals surface area contributed by atoms with Crippen LogP contribution in [0.3, 0.4) is 0 Å². The number of esters is 1. The molecule has 2 heterocycles. The van der Waals surface area contributed by atoms with Gasteiger partial charge in [0, 0.05) is 37.1 Å². The van der Waals surface area contributed by atoms with E-state index in [1.54, 1.807) is 4.57 Å². The summed E-state index contributed by atoms with van der Waals surface area (Å²) in [5.41, 5.74) is 7.52. The molecule has 0 amide bonds. The van der Waals surface area contributed by atoms with Gasteiger partial charge in [-0.3, -0.25) is 14.2 Å². The van der Waals surface area contributed by atoms with Crippen LogP contribution in [0.2, 0.25) is 0 Å². The van der Waals surface area contributed by atoms with E-state index in [-0.39, 0.29) is 18.5 Å². The molecule has 0 aliphatic rings. The second-order valence-electron chi connectivity index (χ2n) is 7.94. The third-order valence-corrected chi connectivity index (χ3v) is 5.33. The first-order valence-corrected chi connectivity index (χ1v) is 10.5. The molecule has 0 radical (unpaired) electrons. The Labute approximate surface area is 186 Å². The molecule has 0 aliphatic carbocycles. The number of carbonyl (C=O) groups is 2. The summed E-state index contributed by atoms with van der Waals surface area (Å²) < 4.78 is 6.64. The Hall–Kier alpha value is -3.80. The molecule has 2 aromatic heterocycles. The van der Waals surface area contributed by atoms with Crippen LogP contribution >= 0.6 is 0 Å². The molecule has 0 bridgehead atoms. The topological polar surface area (TPSA) is 74.1 Å². The van der Waals surface area contributed by atoms with E-state index >= 15 is 0 Å². The van der Waals surface area contributed by atoms with Gasteiger partial charge in [0.15, 0.2) is 5.65 Å². The second kappa shape index (κ2) is 8.75. The van der Waals surface area contributed by atoms with Gasteiger partial charge in [-0.1, -0.05) is 59.7 Å². The average molecular weight is 428 g/mol. The molecule has 0 spiro atoms. The fourth-order valence-corrected chi connectivity index (χ4v) is 3.72. The van der Waals surface area contributed by atoms with Crippen molar-refractivity contribution in [1.82, 2.24) is 14.5 Å². The van der Waals surface area contributed by atoms with Gasteiger partial charge in [0.1, 0.15) is 5.52 Å². The summed E-state index contributed by atoms with van der Waals surface area (Å²) in [4.78, 5) is 33.5. The maximum atomic E-state index is 12.5. The Kier molecular flexibility index (Phi) is 5.86.